The summed E-state index contributed by atoms with van der Waals surface area (Å²) in [4.78, 5) is -0.262. The number of hydrogen-bond acceptors (Lipinski definition) is 4. The third-order valence-electron chi connectivity index (χ3n) is 3.03. The maximum absolute atomic E-state index is 12.1. The lowest BCUT2D eigenvalue weighted by atomic mass is 10.2. The molecule has 0 spiro atoms. The summed E-state index contributed by atoms with van der Waals surface area (Å²) in [5, 5.41) is 3.12. The lowest BCUT2D eigenvalue weighted by molar-refractivity contribution is -0.274. The van der Waals surface area contributed by atoms with E-state index in [0.717, 1.165) is 31.5 Å². The van der Waals surface area contributed by atoms with Gasteiger partial charge in [-0.2, -0.15) is 0 Å². The van der Waals surface area contributed by atoms with Gasteiger partial charge in [0, 0.05) is 18.7 Å². The highest BCUT2D eigenvalue weighted by Crippen LogP contribution is 2.24. The molecule has 0 radical (unpaired) electrons. The van der Waals surface area contributed by atoms with Crippen molar-refractivity contribution in [1.29, 1.82) is 0 Å². The highest BCUT2D eigenvalue weighted by atomic mass is 35.5. The number of nitrogens with one attached hydrogen (secondary N) is 2. The van der Waals surface area contributed by atoms with Gasteiger partial charge in [-0.1, -0.05) is 6.07 Å². The van der Waals surface area contributed by atoms with Crippen LogP contribution < -0.4 is 14.8 Å². The largest absolute Gasteiger partial charge is 0.573 e. The standard InChI is InChI=1S/C12H15F3N2O3S.ClH/c13-12(14,15)20-10-4-1-5-11(7-10)21(18,19)17-8-9-3-2-6-16-9;/h1,4-5,7,9,16-17H,2-3,6,8H2;1H. The van der Waals surface area contributed by atoms with Gasteiger partial charge in [0.2, 0.25) is 10.0 Å². The van der Waals surface area contributed by atoms with E-state index < -0.39 is 22.1 Å². The Labute approximate surface area is 132 Å². The highest BCUT2D eigenvalue weighted by molar-refractivity contribution is 7.89. The fraction of sp³-hybridized carbons (Fsp3) is 0.500. The van der Waals surface area contributed by atoms with Crippen LogP contribution in [0.1, 0.15) is 12.8 Å². The topological polar surface area (TPSA) is 67.4 Å². The van der Waals surface area contributed by atoms with Gasteiger partial charge in [-0.25, -0.2) is 13.1 Å². The molecule has 2 rings (SSSR count). The Morgan fingerprint density at radius 2 is 2.09 bits per heavy atom. The van der Waals surface area contributed by atoms with Crippen LogP contribution in [0.3, 0.4) is 0 Å². The molecule has 1 fully saturated rings. The Morgan fingerprint density at radius 3 is 2.68 bits per heavy atom. The van der Waals surface area contributed by atoms with E-state index in [0.29, 0.717) is 0 Å². The van der Waals surface area contributed by atoms with Gasteiger partial charge in [-0.05, 0) is 31.5 Å². The smallest absolute Gasteiger partial charge is 0.406 e. The van der Waals surface area contributed by atoms with Crippen molar-refractivity contribution < 1.29 is 26.3 Å². The molecule has 1 atom stereocenters. The van der Waals surface area contributed by atoms with Crippen LogP contribution in [0.15, 0.2) is 29.2 Å². The van der Waals surface area contributed by atoms with Crippen molar-refractivity contribution >= 4 is 22.4 Å². The van der Waals surface area contributed by atoms with Crippen LogP contribution in [0, 0.1) is 0 Å². The summed E-state index contributed by atoms with van der Waals surface area (Å²) >= 11 is 0. The summed E-state index contributed by atoms with van der Waals surface area (Å²) in [6.07, 6.45) is -3.02. The number of ether oxygens (including phenoxy) is 1. The first kappa shape index (κ1) is 19.0. The van der Waals surface area contributed by atoms with Crippen LogP contribution in [-0.4, -0.2) is 33.9 Å². The maximum Gasteiger partial charge on any atom is 0.573 e. The number of benzene rings is 1. The molecule has 22 heavy (non-hydrogen) atoms. The van der Waals surface area contributed by atoms with Crippen LogP contribution in [0.25, 0.3) is 0 Å². The predicted octanol–water partition coefficient (Wildman–Crippen LogP) is 2.04. The number of halogens is 4. The third-order valence-corrected chi connectivity index (χ3v) is 4.45. The predicted molar refractivity (Wildman–Crippen MR) is 76.6 cm³/mol. The monoisotopic (exact) mass is 360 g/mol. The summed E-state index contributed by atoms with van der Waals surface area (Å²) in [6, 6.07) is 4.36. The highest BCUT2D eigenvalue weighted by Gasteiger charge is 2.31. The van der Waals surface area contributed by atoms with Crippen LogP contribution >= 0.6 is 12.4 Å². The van der Waals surface area contributed by atoms with Gasteiger partial charge in [0.1, 0.15) is 5.75 Å². The van der Waals surface area contributed by atoms with E-state index in [9.17, 15) is 21.6 Å². The van der Waals surface area contributed by atoms with Gasteiger partial charge in [0.15, 0.2) is 0 Å². The Kier molecular flexibility index (Phi) is 6.48. The molecule has 1 aliphatic rings. The van der Waals surface area contributed by atoms with Crippen molar-refractivity contribution in [2.24, 2.45) is 0 Å². The van der Waals surface area contributed by atoms with Crippen LogP contribution in [0.2, 0.25) is 0 Å². The molecule has 0 aromatic heterocycles. The molecule has 5 nitrogen and oxygen atoms in total. The lowest BCUT2D eigenvalue weighted by Gasteiger charge is -2.13. The number of hydrogen-bond donors (Lipinski definition) is 2. The minimum absolute atomic E-state index is 0. The first-order chi connectivity index (χ1) is 9.76. The Morgan fingerprint density at radius 1 is 1.36 bits per heavy atom. The van der Waals surface area contributed by atoms with Crippen molar-refractivity contribution in [2.45, 2.75) is 30.1 Å². The van der Waals surface area contributed by atoms with E-state index in [-0.39, 0.29) is 29.9 Å². The molecule has 126 valence electrons. The van der Waals surface area contributed by atoms with Crippen LogP contribution in [0.5, 0.6) is 5.75 Å². The van der Waals surface area contributed by atoms with E-state index in [1.807, 2.05) is 0 Å². The molecule has 0 amide bonds. The quantitative estimate of drug-likeness (QED) is 0.843. The Bertz CT molecular complexity index is 590. The summed E-state index contributed by atoms with van der Waals surface area (Å²) in [6.45, 7) is 1.04. The molecule has 1 aliphatic heterocycles. The van der Waals surface area contributed by atoms with Crippen molar-refractivity contribution in [3.8, 4) is 5.75 Å². The van der Waals surface area contributed by atoms with Gasteiger partial charge >= 0.3 is 6.36 Å². The first-order valence-corrected chi connectivity index (χ1v) is 7.83. The van der Waals surface area contributed by atoms with Crippen molar-refractivity contribution in [3.05, 3.63) is 24.3 Å². The van der Waals surface area contributed by atoms with E-state index in [2.05, 4.69) is 14.8 Å². The number of rotatable bonds is 5. The average Bonchev–Trinajstić information content (AvgIpc) is 2.88. The molecule has 1 aromatic rings. The maximum atomic E-state index is 12.1. The summed E-state index contributed by atoms with van der Waals surface area (Å²) < 4.78 is 66.5. The normalized spacial score (nSPS) is 18.8. The zero-order valence-electron chi connectivity index (χ0n) is 11.4. The van der Waals surface area contributed by atoms with Crippen molar-refractivity contribution in [2.75, 3.05) is 13.1 Å². The van der Waals surface area contributed by atoms with E-state index >= 15 is 0 Å². The fourth-order valence-electron chi connectivity index (χ4n) is 2.06. The van der Waals surface area contributed by atoms with Gasteiger partial charge in [-0.15, -0.1) is 25.6 Å². The minimum Gasteiger partial charge on any atom is -0.406 e. The van der Waals surface area contributed by atoms with Gasteiger partial charge in [-0.3, -0.25) is 0 Å². The SMILES string of the molecule is Cl.O=S(=O)(NCC1CCCN1)c1cccc(OC(F)(F)F)c1. The second-order valence-electron chi connectivity index (χ2n) is 4.67. The molecular formula is C12H16ClF3N2O3S. The number of sulfonamides is 1. The number of alkyl halides is 3. The first-order valence-electron chi connectivity index (χ1n) is 6.35. The Hall–Kier alpha value is -1.03. The zero-order chi connectivity index (χ0) is 15.5. The summed E-state index contributed by atoms with van der Waals surface area (Å²) in [7, 11) is -3.86. The van der Waals surface area contributed by atoms with E-state index in [1.165, 1.54) is 12.1 Å². The zero-order valence-corrected chi connectivity index (χ0v) is 13.0. The van der Waals surface area contributed by atoms with Crippen LogP contribution in [0.4, 0.5) is 13.2 Å². The molecule has 10 heteroatoms. The third kappa shape index (κ3) is 5.64. The summed E-state index contributed by atoms with van der Waals surface area (Å²) in [5.74, 6) is -0.565. The van der Waals surface area contributed by atoms with E-state index in [4.69, 9.17) is 0 Å². The van der Waals surface area contributed by atoms with Crippen molar-refractivity contribution in [3.63, 3.8) is 0 Å². The van der Waals surface area contributed by atoms with E-state index in [1.54, 1.807) is 0 Å². The second-order valence-corrected chi connectivity index (χ2v) is 6.43. The minimum atomic E-state index is -4.86. The molecule has 1 unspecified atom stereocenters. The molecular weight excluding hydrogens is 345 g/mol. The van der Waals surface area contributed by atoms with Gasteiger partial charge < -0.3 is 10.1 Å². The fourth-order valence-corrected chi connectivity index (χ4v) is 3.18. The average molecular weight is 361 g/mol. The lowest BCUT2D eigenvalue weighted by Crippen LogP contribution is -2.37. The molecule has 2 N–H and O–H groups in total. The van der Waals surface area contributed by atoms with Gasteiger partial charge in [0.25, 0.3) is 0 Å². The molecule has 0 saturated carbocycles. The van der Waals surface area contributed by atoms with Crippen LogP contribution in [-0.2, 0) is 10.0 Å². The molecule has 1 saturated heterocycles. The molecule has 0 bridgehead atoms. The second kappa shape index (κ2) is 7.49. The molecule has 0 aliphatic carbocycles. The molecule has 1 aromatic carbocycles. The Balaban J connectivity index is 0.00000242. The summed E-state index contributed by atoms with van der Waals surface area (Å²) in [5.41, 5.74) is 0. The van der Waals surface area contributed by atoms with Crippen molar-refractivity contribution in [1.82, 2.24) is 10.0 Å². The molecule has 1 heterocycles. The van der Waals surface area contributed by atoms with Gasteiger partial charge in [0.05, 0.1) is 4.90 Å².